The molecule has 0 spiro atoms. The smallest absolute Gasteiger partial charge is 0.239 e. The van der Waals surface area contributed by atoms with E-state index in [1.807, 2.05) is 0 Å². The lowest BCUT2D eigenvalue weighted by Crippen LogP contribution is -2.23. The molecule has 68 valence electrons. The van der Waals surface area contributed by atoms with Crippen molar-refractivity contribution in [2.24, 2.45) is 17.6 Å². The van der Waals surface area contributed by atoms with E-state index in [-0.39, 0.29) is 5.92 Å². The molecule has 0 aromatic rings. The first kappa shape index (κ1) is 8.76. The lowest BCUT2D eigenvalue weighted by molar-refractivity contribution is -0.113. The Morgan fingerprint density at radius 3 is 3.15 bits per heavy atom. The molecule has 0 aromatic heterocycles. The van der Waals surface area contributed by atoms with Crippen LogP contribution in [-0.4, -0.2) is 19.5 Å². The Hall–Kier alpha value is -0.825. The highest BCUT2D eigenvalue weighted by Crippen LogP contribution is 2.33. The van der Waals surface area contributed by atoms with Crippen LogP contribution >= 0.6 is 0 Å². The van der Waals surface area contributed by atoms with E-state index in [2.05, 4.69) is 19.1 Å². The minimum Gasteiger partial charge on any atom is -0.329 e. The highest BCUT2D eigenvalue weighted by molar-refractivity contribution is 6.82. The van der Waals surface area contributed by atoms with Crippen LogP contribution in [0.1, 0.15) is 13.3 Å². The predicted molar refractivity (Wildman–Crippen MR) is 54.6 cm³/mol. The molecule has 1 aliphatic carbocycles. The highest BCUT2D eigenvalue weighted by Gasteiger charge is 2.33. The first-order chi connectivity index (χ1) is 6.22. The number of rotatable bonds is 1. The molecule has 0 amide bonds. The minimum atomic E-state index is 0.0300. The van der Waals surface area contributed by atoms with Gasteiger partial charge in [-0.15, -0.1) is 0 Å². The Labute approximate surface area is 79.1 Å². The summed E-state index contributed by atoms with van der Waals surface area (Å²) in [6, 6.07) is 0. The van der Waals surface area contributed by atoms with Crippen molar-refractivity contribution < 1.29 is 4.79 Å². The van der Waals surface area contributed by atoms with E-state index in [4.69, 9.17) is 5.73 Å². The third kappa shape index (κ3) is 1.37. The largest absolute Gasteiger partial charge is 0.329 e. The SMILES string of the molecule is CC1C=CC2=C(C1)C(CN)C(=O)B2. The van der Waals surface area contributed by atoms with E-state index in [9.17, 15) is 4.79 Å². The average molecular weight is 175 g/mol. The first-order valence-electron chi connectivity index (χ1n) is 4.85. The van der Waals surface area contributed by atoms with Crippen molar-refractivity contribution in [3.05, 3.63) is 23.2 Å². The summed E-state index contributed by atoms with van der Waals surface area (Å²) in [6.45, 7) is 2.66. The molecule has 2 nitrogen and oxygen atoms in total. The van der Waals surface area contributed by atoms with Gasteiger partial charge < -0.3 is 10.5 Å². The van der Waals surface area contributed by atoms with Gasteiger partial charge in [0.2, 0.25) is 7.28 Å². The molecule has 3 heteroatoms. The number of hydrogen-bond acceptors (Lipinski definition) is 2. The maximum atomic E-state index is 11.5. The molecule has 0 radical (unpaired) electrons. The third-order valence-corrected chi connectivity index (χ3v) is 2.99. The van der Waals surface area contributed by atoms with Gasteiger partial charge in [0.25, 0.3) is 0 Å². The second-order valence-corrected chi connectivity index (χ2v) is 4.02. The van der Waals surface area contributed by atoms with Crippen LogP contribution in [0, 0.1) is 11.8 Å². The van der Waals surface area contributed by atoms with Gasteiger partial charge in [-0.05, 0) is 12.3 Å². The van der Waals surface area contributed by atoms with Gasteiger partial charge in [0, 0.05) is 12.5 Å². The maximum Gasteiger partial charge on any atom is 0.239 e. The second kappa shape index (κ2) is 3.15. The molecule has 2 N–H and O–H groups in total. The summed E-state index contributed by atoms with van der Waals surface area (Å²) in [4.78, 5) is 11.5. The van der Waals surface area contributed by atoms with Crippen LogP contribution in [0.4, 0.5) is 0 Å². The molecular weight excluding hydrogens is 161 g/mol. The molecule has 2 unspecified atom stereocenters. The summed E-state index contributed by atoms with van der Waals surface area (Å²) in [5, 5.41) is 0. The van der Waals surface area contributed by atoms with Crippen LogP contribution in [0.25, 0.3) is 0 Å². The average Bonchev–Trinajstić information content (AvgIpc) is 2.40. The van der Waals surface area contributed by atoms with E-state index in [1.165, 1.54) is 11.0 Å². The van der Waals surface area contributed by atoms with Gasteiger partial charge in [-0.3, -0.25) is 0 Å². The number of carbonyl (C=O) groups is 1. The van der Waals surface area contributed by atoms with E-state index < -0.39 is 0 Å². The standard InChI is InChI=1S/C10H14BNO/c1-6-2-3-9-7(4-6)8(5-12)10(13)11-9/h2-3,6,8,11H,4-5,12H2,1H3. The molecule has 1 aliphatic heterocycles. The van der Waals surface area contributed by atoms with Gasteiger partial charge >= 0.3 is 0 Å². The van der Waals surface area contributed by atoms with Crippen molar-refractivity contribution in [1.29, 1.82) is 0 Å². The molecule has 2 rings (SSSR count). The van der Waals surface area contributed by atoms with E-state index in [0.29, 0.717) is 25.4 Å². The topological polar surface area (TPSA) is 43.1 Å². The van der Waals surface area contributed by atoms with E-state index in [1.54, 1.807) is 0 Å². The Kier molecular flexibility index (Phi) is 2.12. The van der Waals surface area contributed by atoms with Crippen LogP contribution in [0.3, 0.4) is 0 Å². The Bertz CT molecular complexity index is 306. The van der Waals surface area contributed by atoms with Gasteiger partial charge in [-0.25, -0.2) is 0 Å². The van der Waals surface area contributed by atoms with Crippen LogP contribution in [-0.2, 0) is 4.79 Å². The van der Waals surface area contributed by atoms with Gasteiger partial charge in [0.1, 0.15) is 5.68 Å². The lowest BCUT2D eigenvalue weighted by Gasteiger charge is -2.18. The zero-order valence-electron chi connectivity index (χ0n) is 7.92. The molecule has 0 fully saturated rings. The molecular formula is C10H14BNO. The number of nitrogens with two attached hydrogens (primary N) is 1. The van der Waals surface area contributed by atoms with Crippen molar-refractivity contribution in [1.82, 2.24) is 0 Å². The van der Waals surface area contributed by atoms with Gasteiger partial charge in [0.15, 0.2) is 0 Å². The maximum absolute atomic E-state index is 11.5. The summed E-state index contributed by atoms with van der Waals surface area (Å²) in [5.41, 5.74) is 8.45. The second-order valence-electron chi connectivity index (χ2n) is 4.02. The van der Waals surface area contributed by atoms with Crippen LogP contribution in [0.15, 0.2) is 23.2 Å². The first-order valence-corrected chi connectivity index (χ1v) is 4.85. The van der Waals surface area contributed by atoms with Crippen LogP contribution in [0.2, 0.25) is 0 Å². The molecule has 1 heterocycles. The Morgan fingerprint density at radius 2 is 2.46 bits per heavy atom. The summed E-state index contributed by atoms with van der Waals surface area (Å²) in [6.07, 6.45) is 5.32. The molecule has 0 bridgehead atoms. The Morgan fingerprint density at radius 1 is 1.69 bits per heavy atom. The van der Waals surface area contributed by atoms with Crippen LogP contribution < -0.4 is 5.73 Å². The fourth-order valence-corrected chi connectivity index (χ4v) is 2.25. The van der Waals surface area contributed by atoms with E-state index in [0.717, 1.165) is 6.42 Å². The molecule has 2 aliphatic rings. The van der Waals surface area contributed by atoms with Crippen molar-refractivity contribution in [3.63, 3.8) is 0 Å². The van der Waals surface area contributed by atoms with Crippen molar-refractivity contribution >= 4 is 13.0 Å². The highest BCUT2D eigenvalue weighted by atomic mass is 16.1. The predicted octanol–water partition coefficient (Wildman–Crippen LogP) is 0.388. The molecule has 2 atom stereocenters. The summed E-state index contributed by atoms with van der Waals surface area (Å²) >= 11 is 0. The summed E-state index contributed by atoms with van der Waals surface area (Å²) in [5.74, 6) is 0.598. The lowest BCUT2D eigenvalue weighted by atomic mass is 9.67. The van der Waals surface area contributed by atoms with Crippen molar-refractivity contribution in [2.45, 2.75) is 13.3 Å². The van der Waals surface area contributed by atoms with Gasteiger partial charge in [-0.2, -0.15) is 0 Å². The normalized spacial score (nSPS) is 32.0. The molecule has 0 saturated heterocycles. The number of hydrogen-bond donors (Lipinski definition) is 1. The zero-order chi connectivity index (χ0) is 9.42. The van der Waals surface area contributed by atoms with Crippen molar-refractivity contribution in [3.8, 4) is 0 Å². The van der Waals surface area contributed by atoms with Crippen molar-refractivity contribution in [2.75, 3.05) is 6.54 Å². The monoisotopic (exact) mass is 175 g/mol. The zero-order valence-corrected chi connectivity index (χ0v) is 7.92. The fraction of sp³-hybridized carbons (Fsp3) is 0.500. The summed E-state index contributed by atoms with van der Waals surface area (Å²) in [7, 11) is 0.612. The number of allylic oxidation sites excluding steroid dienone is 3. The molecule has 0 saturated carbocycles. The fourth-order valence-electron chi connectivity index (χ4n) is 2.25. The minimum absolute atomic E-state index is 0.0300. The summed E-state index contributed by atoms with van der Waals surface area (Å²) < 4.78 is 0. The Balaban J connectivity index is 2.29. The molecule has 0 aromatic carbocycles. The van der Waals surface area contributed by atoms with Gasteiger partial charge in [0.05, 0.1) is 0 Å². The van der Waals surface area contributed by atoms with Crippen LogP contribution in [0.5, 0.6) is 0 Å². The van der Waals surface area contributed by atoms with E-state index >= 15 is 0 Å². The third-order valence-electron chi connectivity index (χ3n) is 2.99. The quantitative estimate of drug-likeness (QED) is 0.585. The molecule has 13 heavy (non-hydrogen) atoms. The number of carbonyl (C=O) groups excluding carboxylic acids is 1. The van der Waals surface area contributed by atoms with Gasteiger partial charge in [-0.1, -0.05) is 30.1 Å².